The summed E-state index contributed by atoms with van der Waals surface area (Å²) in [5.41, 5.74) is 4.86. The van der Waals surface area contributed by atoms with Gasteiger partial charge in [0, 0.05) is 11.1 Å². The van der Waals surface area contributed by atoms with Crippen LogP contribution in [0.3, 0.4) is 0 Å². The normalized spacial score (nSPS) is 9.93. The Kier molecular flexibility index (Phi) is 7.54. The number of aryl methyl sites for hydroxylation is 2. The predicted molar refractivity (Wildman–Crippen MR) is 122 cm³/mol. The van der Waals surface area contributed by atoms with E-state index < -0.39 is 0 Å². The van der Waals surface area contributed by atoms with E-state index in [2.05, 4.69) is 98.2 Å². The summed E-state index contributed by atoms with van der Waals surface area (Å²) < 4.78 is 0. The second-order valence-corrected chi connectivity index (χ2v) is 7.95. The molecule has 0 nitrogen and oxygen atoms in total. The van der Waals surface area contributed by atoms with Crippen molar-refractivity contribution in [2.75, 3.05) is 0 Å². The highest BCUT2D eigenvalue weighted by Crippen LogP contribution is 2.15. The van der Waals surface area contributed by atoms with Crippen molar-refractivity contribution in [1.29, 1.82) is 0 Å². The summed E-state index contributed by atoms with van der Waals surface area (Å²) in [6.07, 6.45) is 6.05. The van der Waals surface area contributed by atoms with Gasteiger partial charge in [-0.1, -0.05) is 74.6 Å². The van der Waals surface area contributed by atoms with Crippen LogP contribution in [-0.4, -0.2) is 0 Å². The van der Waals surface area contributed by atoms with Crippen LogP contribution in [-0.2, 0) is 12.8 Å². The Labute approximate surface area is 173 Å². The summed E-state index contributed by atoms with van der Waals surface area (Å²) in [5, 5.41) is 0. The summed E-state index contributed by atoms with van der Waals surface area (Å²) in [5.74, 6) is 13.0. The molecule has 0 radical (unpaired) electrons. The minimum Gasteiger partial charge on any atom is -0.118 e. The molecule has 3 aromatic rings. The van der Waals surface area contributed by atoms with Crippen LogP contribution < -0.4 is 0 Å². The summed E-state index contributed by atoms with van der Waals surface area (Å²) in [4.78, 5) is 2.10. The topological polar surface area (TPSA) is 0 Å². The zero-order chi connectivity index (χ0) is 19.6. The van der Waals surface area contributed by atoms with E-state index >= 15 is 0 Å². The second-order valence-electron chi connectivity index (χ2n) is 6.87. The maximum Gasteiger partial charge on any atom is 0.0785 e. The van der Waals surface area contributed by atoms with Crippen molar-refractivity contribution >= 4 is 11.3 Å². The molecular formula is C27H26S. The van der Waals surface area contributed by atoms with Crippen LogP contribution in [0, 0.1) is 23.7 Å². The van der Waals surface area contributed by atoms with Gasteiger partial charge in [-0.25, -0.2) is 0 Å². The summed E-state index contributed by atoms with van der Waals surface area (Å²) in [6, 6.07) is 21.2. The molecule has 0 aliphatic carbocycles. The van der Waals surface area contributed by atoms with E-state index in [4.69, 9.17) is 0 Å². The average molecular weight is 383 g/mol. The Morgan fingerprint density at radius 2 is 1.14 bits per heavy atom. The first-order chi connectivity index (χ1) is 13.8. The fourth-order valence-electron chi connectivity index (χ4n) is 2.90. The average Bonchev–Trinajstić information content (AvgIpc) is 3.20. The largest absolute Gasteiger partial charge is 0.118 e. The molecule has 0 atom stereocenters. The predicted octanol–water partition coefficient (Wildman–Crippen LogP) is 6.84. The van der Waals surface area contributed by atoms with E-state index in [0.29, 0.717) is 0 Å². The molecule has 140 valence electrons. The molecule has 0 spiro atoms. The van der Waals surface area contributed by atoms with Crippen molar-refractivity contribution in [3.63, 3.8) is 0 Å². The Morgan fingerprint density at radius 1 is 0.607 bits per heavy atom. The Hall–Kier alpha value is -2.74. The van der Waals surface area contributed by atoms with Gasteiger partial charge in [-0.3, -0.25) is 0 Å². The first-order valence-electron chi connectivity index (χ1n) is 10.1. The molecule has 0 fully saturated rings. The lowest BCUT2D eigenvalue weighted by Gasteiger charge is -2.00. The van der Waals surface area contributed by atoms with Crippen molar-refractivity contribution in [1.82, 2.24) is 0 Å². The molecule has 0 aliphatic rings. The molecule has 0 saturated heterocycles. The molecule has 28 heavy (non-hydrogen) atoms. The molecule has 0 unspecified atom stereocenters. The Morgan fingerprint density at radius 3 is 1.64 bits per heavy atom. The zero-order valence-electron chi connectivity index (χ0n) is 16.7. The maximum absolute atomic E-state index is 3.27. The van der Waals surface area contributed by atoms with Crippen LogP contribution in [0.2, 0.25) is 0 Å². The number of unbranched alkanes of at least 4 members (excludes halogenated alkanes) is 2. The van der Waals surface area contributed by atoms with Crippen LogP contribution >= 0.6 is 11.3 Å². The number of benzene rings is 2. The van der Waals surface area contributed by atoms with Gasteiger partial charge >= 0.3 is 0 Å². The fraction of sp³-hybridized carbons (Fsp3) is 0.259. The number of thiophene rings is 1. The second kappa shape index (κ2) is 10.6. The van der Waals surface area contributed by atoms with Crippen molar-refractivity contribution < 1.29 is 0 Å². The molecule has 0 bridgehead atoms. The lowest BCUT2D eigenvalue weighted by molar-refractivity contribution is 0.717. The van der Waals surface area contributed by atoms with Gasteiger partial charge in [0.15, 0.2) is 0 Å². The van der Waals surface area contributed by atoms with E-state index in [1.165, 1.54) is 30.4 Å². The van der Waals surface area contributed by atoms with E-state index in [9.17, 15) is 0 Å². The van der Waals surface area contributed by atoms with Crippen molar-refractivity contribution in [3.8, 4) is 23.7 Å². The molecule has 0 saturated carbocycles. The van der Waals surface area contributed by atoms with E-state index in [-0.39, 0.29) is 0 Å². The monoisotopic (exact) mass is 382 g/mol. The van der Waals surface area contributed by atoms with E-state index in [0.717, 1.165) is 33.7 Å². The molecule has 0 aliphatic heterocycles. The van der Waals surface area contributed by atoms with Crippen LogP contribution in [0.5, 0.6) is 0 Å². The third kappa shape index (κ3) is 6.16. The van der Waals surface area contributed by atoms with Gasteiger partial charge in [0.05, 0.1) is 9.75 Å². The highest BCUT2D eigenvalue weighted by molar-refractivity contribution is 7.13. The van der Waals surface area contributed by atoms with Gasteiger partial charge in [-0.2, -0.15) is 0 Å². The smallest absolute Gasteiger partial charge is 0.0785 e. The van der Waals surface area contributed by atoms with E-state index in [1.807, 2.05) is 0 Å². The molecule has 1 heterocycles. The van der Waals surface area contributed by atoms with Gasteiger partial charge in [-0.05, 0) is 66.8 Å². The fourth-order valence-corrected chi connectivity index (χ4v) is 3.61. The standard InChI is InChI=1S/C27H26S/c1-3-5-6-7-23-12-14-25(15-13-23)17-19-27-21-20-26(28-27)18-16-24-10-8-22(4-2)9-11-24/h8-15,20-21H,3-7H2,1-2H3. The summed E-state index contributed by atoms with van der Waals surface area (Å²) in [7, 11) is 0. The molecule has 1 aromatic heterocycles. The highest BCUT2D eigenvalue weighted by atomic mass is 32.1. The third-order valence-electron chi connectivity index (χ3n) is 4.65. The van der Waals surface area contributed by atoms with Gasteiger partial charge in [0.25, 0.3) is 0 Å². The van der Waals surface area contributed by atoms with Gasteiger partial charge in [0.2, 0.25) is 0 Å². The summed E-state index contributed by atoms with van der Waals surface area (Å²) >= 11 is 1.65. The third-order valence-corrected chi connectivity index (χ3v) is 5.57. The molecule has 0 N–H and O–H groups in total. The molecular weight excluding hydrogens is 356 g/mol. The lowest BCUT2D eigenvalue weighted by atomic mass is 10.1. The van der Waals surface area contributed by atoms with Gasteiger partial charge in [-0.15, -0.1) is 11.3 Å². The number of hydrogen-bond donors (Lipinski definition) is 0. The van der Waals surface area contributed by atoms with Crippen molar-refractivity contribution in [2.45, 2.75) is 46.0 Å². The SMILES string of the molecule is CCCCCc1ccc(C#Cc2ccc(C#Cc3ccc(CC)cc3)s2)cc1. The van der Waals surface area contributed by atoms with Crippen LogP contribution in [0.15, 0.2) is 60.7 Å². The number of hydrogen-bond acceptors (Lipinski definition) is 1. The lowest BCUT2D eigenvalue weighted by Crippen LogP contribution is -1.85. The van der Waals surface area contributed by atoms with Crippen molar-refractivity contribution in [2.24, 2.45) is 0 Å². The summed E-state index contributed by atoms with van der Waals surface area (Å²) in [6.45, 7) is 4.40. The van der Waals surface area contributed by atoms with Crippen molar-refractivity contribution in [3.05, 3.63) is 92.7 Å². The minimum atomic E-state index is 1.05. The maximum atomic E-state index is 3.27. The first kappa shape index (κ1) is 20.0. The van der Waals surface area contributed by atoms with E-state index in [1.54, 1.807) is 11.3 Å². The Balaban J connectivity index is 1.61. The van der Waals surface area contributed by atoms with Gasteiger partial charge < -0.3 is 0 Å². The van der Waals surface area contributed by atoms with Crippen LogP contribution in [0.4, 0.5) is 0 Å². The minimum absolute atomic E-state index is 1.05. The Bertz CT molecular complexity index is 996. The molecule has 2 aromatic carbocycles. The van der Waals surface area contributed by atoms with Crippen LogP contribution in [0.25, 0.3) is 0 Å². The number of rotatable bonds is 5. The molecule has 0 amide bonds. The zero-order valence-corrected chi connectivity index (χ0v) is 17.5. The first-order valence-corrected chi connectivity index (χ1v) is 10.9. The molecule has 1 heteroatoms. The van der Waals surface area contributed by atoms with Gasteiger partial charge in [0.1, 0.15) is 0 Å². The van der Waals surface area contributed by atoms with Crippen LogP contribution in [0.1, 0.15) is 65.1 Å². The molecule has 3 rings (SSSR count). The quantitative estimate of drug-likeness (QED) is 0.335. The highest BCUT2D eigenvalue weighted by Gasteiger charge is 1.96.